The van der Waals surface area contributed by atoms with Crippen molar-refractivity contribution in [2.24, 2.45) is 0 Å². The Morgan fingerprint density at radius 1 is 1.35 bits per heavy atom. The number of rotatable bonds is 1. The number of hydrogen-bond acceptors (Lipinski definition) is 4. The van der Waals surface area contributed by atoms with Crippen molar-refractivity contribution >= 4 is 52.5 Å². The summed E-state index contributed by atoms with van der Waals surface area (Å²) in [5, 5.41) is 0. The van der Waals surface area contributed by atoms with Gasteiger partial charge in [-0.1, -0.05) is 47.3 Å². The summed E-state index contributed by atoms with van der Waals surface area (Å²) in [5.41, 5.74) is 0.484. The molecule has 20 heavy (non-hydrogen) atoms. The lowest BCUT2D eigenvalue weighted by Gasteiger charge is -2.19. The molecule has 0 saturated carbocycles. The van der Waals surface area contributed by atoms with E-state index in [4.69, 9.17) is 11.6 Å². The van der Waals surface area contributed by atoms with E-state index in [9.17, 15) is 22.8 Å². The maximum Gasteiger partial charge on any atom is 0.453 e. The molecule has 0 aromatic heterocycles. The molecule has 9 heteroatoms. The second-order valence-electron chi connectivity index (χ2n) is 4.11. The van der Waals surface area contributed by atoms with Crippen LogP contribution < -0.4 is 4.90 Å². The van der Waals surface area contributed by atoms with E-state index in [1.54, 1.807) is 24.3 Å². The molecular weight excluding hydrogens is 335 g/mol. The monoisotopic (exact) mass is 339 g/mol. The van der Waals surface area contributed by atoms with Crippen LogP contribution in [0.25, 0.3) is 0 Å². The molecular formula is C11H5ClF3NO2S2. The number of hydrogen-bond donors (Lipinski definition) is 0. The topological polar surface area (TPSA) is 37.4 Å². The summed E-state index contributed by atoms with van der Waals surface area (Å²) in [6, 6.07) is 6.80. The van der Waals surface area contributed by atoms with Crippen molar-refractivity contribution in [1.29, 1.82) is 0 Å². The third-order valence-corrected chi connectivity index (χ3v) is 6.16. The zero-order chi connectivity index (χ0) is 14.7. The van der Waals surface area contributed by atoms with Crippen molar-refractivity contribution in [3.63, 3.8) is 0 Å². The van der Waals surface area contributed by atoms with Crippen molar-refractivity contribution in [3.05, 3.63) is 24.3 Å². The first-order valence-corrected chi connectivity index (χ1v) is 7.46. The average molecular weight is 340 g/mol. The quantitative estimate of drug-likeness (QED) is 0.581. The Balaban J connectivity index is 2.00. The molecule has 2 atom stereocenters. The van der Waals surface area contributed by atoms with Crippen LogP contribution in [0.1, 0.15) is 0 Å². The highest BCUT2D eigenvalue weighted by Gasteiger charge is 2.65. The molecule has 1 amide bonds. The van der Waals surface area contributed by atoms with Gasteiger partial charge in [0.15, 0.2) is 0 Å². The Hall–Kier alpha value is -0.860. The van der Waals surface area contributed by atoms with E-state index in [0.717, 1.165) is 9.80 Å². The van der Waals surface area contributed by atoms with Gasteiger partial charge >= 0.3 is 6.18 Å². The molecule has 3 nitrogen and oxygen atoms in total. The Morgan fingerprint density at radius 2 is 2.00 bits per heavy atom. The lowest BCUT2D eigenvalue weighted by atomic mass is 10.2. The first-order valence-electron chi connectivity index (χ1n) is 5.33. The third-order valence-electron chi connectivity index (χ3n) is 2.87. The Bertz CT molecular complexity index is 624. The van der Waals surface area contributed by atoms with Gasteiger partial charge in [-0.3, -0.25) is 14.5 Å². The predicted molar refractivity (Wildman–Crippen MR) is 70.8 cm³/mol. The summed E-state index contributed by atoms with van der Waals surface area (Å²) in [6.45, 7) is 0. The van der Waals surface area contributed by atoms with Crippen LogP contribution >= 0.6 is 35.1 Å². The number of alkyl halides is 4. The lowest BCUT2D eigenvalue weighted by molar-refractivity contribution is -0.172. The van der Waals surface area contributed by atoms with Gasteiger partial charge in [0.25, 0.3) is 11.7 Å². The molecule has 106 valence electrons. The molecule has 0 spiro atoms. The zero-order valence-electron chi connectivity index (χ0n) is 9.48. The van der Waals surface area contributed by atoms with Crippen LogP contribution in [0.2, 0.25) is 0 Å². The largest absolute Gasteiger partial charge is 0.453 e. The van der Waals surface area contributed by atoms with E-state index in [1.165, 1.54) is 11.8 Å². The molecule has 0 radical (unpaired) electrons. The predicted octanol–water partition coefficient (Wildman–Crippen LogP) is 3.22. The van der Waals surface area contributed by atoms with E-state index in [-0.39, 0.29) is 0 Å². The van der Waals surface area contributed by atoms with Crippen LogP contribution in [0.5, 0.6) is 0 Å². The maximum atomic E-state index is 12.6. The van der Waals surface area contributed by atoms with Gasteiger partial charge in [0.05, 0.1) is 5.69 Å². The minimum absolute atomic E-state index is 0.484. The number of ketones is 1. The fraction of sp³-hybridized carbons (Fsp3) is 0.273. The van der Waals surface area contributed by atoms with Crippen LogP contribution in [0, 0.1) is 0 Å². The number of Topliss-reactive ketones (excluding diaryl/α,β-unsaturated/α-hetero) is 1. The highest BCUT2D eigenvalue weighted by atomic mass is 35.5. The van der Waals surface area contributed by atoms with E-state index in [2.05, 4.69) is 0 Å². The number of thioether (sulfide) groups is 2. The van der Waals surface area contributed by atoms with Crippen molar-refractivity contribution < 1.29 is 22.8 Å². The molecule has 0 aliphatic carbocycles. The number of fused-ring (bicyclic) bond motifs is 3. The zero-order valence-corrected chi connectivity index (χ0v) is 11.9. The summed E-state index contributed by atoms with van der Waals surface area (Å²) < 4.78 is 34.4. The molecule has 2 heterocycles. The summed E-state index contributed by atoms with van der Waals surface area (Å²) in [5.74, 6) is -3.26. The van der Waals surface area contributed by atoms with Gasteiger partial charge in [-0.05, 0) is 12.1 Å². The molecule has 1 aromatic rings. The lowest BCUT2D eigenvalue weighted by Crippen LogP contribution is -2.47. The maximum absolute atomic E-state index is 12.6. The number of para-hydroxylation sites is 1. The SMILES string of the molecule is O=C1N2c3ccccc3SC2SC1(Cl)C(=O)C(F)(F)F. The van der Waals surface area contributed by atoms with Crippen molar-refractivity contribution in [2.75, 3.05) is 4.90 Å². The van der Waals surface area contributed by atoms with Gasteiger partial charge in [-0.2, -0.15) is 13.2 Å². The number of carbonyl (C=O) groups excluding carboxylic acids is 2. The Kier molecular flexibility index (Phi) is 3.04. The van der Waals surface area contributed by atoms with Crippen LogP contribution in [0.15, 0.2) is 29.2 Å². The first kappa shape index (κ1) is 14.1. The second-order valence-corrected chi connectivity index (χ2v) is 7.61. The molecule has 0 N–H and O–H groups in total. The number of carbonyl (C=O) groups is 2. The number of nitrogens with zero attached hydrogens (tertiary/aromatic N) is 1. The van der Waals surface area contributed by atoms with Gasteiger partial charge < -0.3 is 0 Å². The van der Waals surface area contributed by atoms with Crippen molar-refractivity contribution in [3.8, 4) is 0 Å². The summed E-state index contributed by atoms with van der Waals surface area (Å²) in [6.07, 6.45) is -5.14. The molecule has 3 rings (SSSR count). The van der Waals surface area contributed by atoms with E-state index < -0.39 is 26.8 Å². The molecule has 0 bridgehead atoms. The Labute approximate surface area is 124 Å². The van der Waals surface area contributed by atoms with Crippen LogP contribution in [0.4, 0.5) is 18.9 Å². The minimum Gasteiger partial charge on any atom is -0.286 e. The van der Waals surface area contributed by atoms with Gasteiger partial charge in [-0.15, -0.1) is 0 Å². The van der Waals surface area contributed by atoms with Crippen LogP contribution in [0.3, 0.4) is 0 Å². The van der Waals surface area contributed by atoms with Crippen molar-refractivity contribution in [1.82, 2.24) is 0 Å². The minimum atomic E-state index is -5.14. The second kappa shape index (κ2) is 4.32. The van der Waals surface area contributed by atoms with Gasteiger partial charge in [0.1, 0.15) is 4.71 Å². The smallest absolute Gasteiger partial charge is 0.286 e. The molecule has 1 saturated heterocycles. The summed E-state index contributed by atoms with van der Waals surface area (Å²) >= 11 is 7.44. The molecule has 1 aromatic carbocycles. The van der Waals surface area contributed by atoms with Crippen LogP contribution in [-0.4, -0.2) is 26.8 Å². The van der Waals surface area contributed by atoms with Gasteiger partial charge in [-0.25, -0.2) is 0 Å². The van der Waals surface area contributed by atoms with Crippen molar-refractivity contribution in [2.45, 2.75) is 20.0 Å². The van der Waals surface area contributed by atoms with Crippen LogP contribution in [-0.2, 0) is 9.59 Å². The summed E-state index contributed by atoms with van der Waals surface area (Å²) in [4.78, 5) is 25.5. The fourth-order valence-electron chi connectivity index (χ4n) is 1.99. The number of anilines is 1. The molecule has 2 aliphatic heterocycles. The standard InChI is InChI=1S/C11H5ClF3NO2S2/c12-10(7(17)11(13,14)15)8(18)16-5-3-1-2-4-6(5)19-9(16)20-10/h1-4,9H. The fourth-order valence-corrected chi connectivity index (χ4v) is 5.53. The molecule has 1 fully saturated rings. The normalized spacial score (nSPS) is 28.5. The number of benzene rings is 1. The average Bonchev–Trinajstić information content (AvgIpc) is 2.83. The highest BCUT2D eigenvalue weighted by Crippen LogP contribution is 2.59. The van der Waals surface area contributed by atoms with E-state index in [0.29, 0.717) is 17.4 Å². The number of amides is 1. The molecule has 2 aliphatic rings. The highest BCUT2D eigenvalue weighted by molar-refractivity contribution is 8.20. The summed E-state index contributed by atoms with van der Waals surface area (Å²) in [7, 11) is 0. The van der Waals surface area contributed by atoms with Gasteiger partial charge in [0.2, 0.25) is 4.21 Å². The molecule has 2 unspecified atom stereocenters. The number of halogens is 4. The van der Waals surface area contributed by atoms with Gasteiger partial charge in [0, 0.05) is 4.90 Å². The first-order chi connectivity index (χ1) is 9.25. The Morgan fingerprint density at radius 3 is 2.65 bits per heavy atom. The van der Waals surface area contributed by atoms with E-state index >= 15 is 0 Å². The van der Waals surface area contributed by atoms with E-state index in [1.807, 2.05) is 0 Å². The third kappa shape index (κ3) is 1.85.